The van der Waals surface area contributed by atoms with E-state index in [0.717, 1.165) is 6.07 Å². The van der Waals surface area contributed by atoms with Gasteiger partial charge in [-0.2, -0.15) is 0 Å². The number of anilines is 2. The highest BCUT2D eigenvalue weighted by atomic mass is 35.5. The molecule has 1 aliphatic rings. The van der Waals surface area contributed by atoms with Crippen LogP contribution in [0.1, 0.15) is 31.1 Å². The second-order valence-corrected chi connectivity index (χ2v) is 9.06. The summed E-state index contributed by atoms with van der Waals surface area (Å²) < 4.78 is 9.87. The van der Waals surface area contributed by atoms with Gasteiger partial charge in [-0.25, -0.2) is 4.79 Å². The van der Waals surface area contributed by atoms with Crippen LogP contribution in [-0.2, 0) is 23.9 Å². The third kappa shape index (κ3) is 6.63. The van der Waals surface area contributed by atoms with Gasteiger partial charge in [-0.05, 0) is 42.5 Å². The second kappa shape index (κ2) is 12.4. The molecule has 0 radical (unpaired) electrons. The Labute approximate surface area is 236 Å². The summed E-state index contributed by atoms with van der Waals surface area (Å²) in [6.07, 6.45) is 0. The number of para-hydroxylation sites is 2. The molecule has 1 aliphatic heterocycles. The summed E-state index contributed by atoms with van der Waals surface area (Å²) in [5.74, 6) is -4.86. The Kier molecular flexibility index (Phi) is 8.77. The highest BCUT2D eigenvalue weighted by Crippen LogP contribution is 2.25. The van der Waals surface area contributed by atoms with Crippen LogP contribution in [0.5, 0.6) is 0 Å². The number of ether oxygens (including phenoxy) is 2. The van der Waals surface area contributed by atoms with Gasteiger partial charge >= 0.3 is 11.9 Å². The Morgan fingerprint density at radius 1 is 0.700 bits per heavy atom. The van der Waals surface area contributed by atoms with E-state index in [9.17, 15) is 28.8 Å². The minimum Gasteiger partial charge on any atom is -0.454 e. The van der Waals surface area contributed by atoms with E-state index >= 15 is 0 Å². The molecule has 4 rings (SSSR count). The average Bonchev–Trinajstić information content (AvgIpc) is 3.17. The van der Waals surface area contributed by atoms with E-state index < -0.39 is 55.3 Å². The van der Waals surface area contributed by atoms with Gasteiger partial charge in [0.1, 0.15) is 6.54 Å². The molecule has 3 aromatic rings. The van der Waals surface area contributed by atoms with Gasteiger partial charge in [-0.3, -0.25) is 28.9 Å². The van der Waals surface area contributed by atoms with Crippen molar-refractivity contribution in [1.29, 1.82) is 0 Å². The van der Waals surface area contributed by atoms with Crippen molar-refractivity contribution >= 4 is 70.1 Å². The molecule has 4 amide bonds. The second-order valence-electron chi connectivity index (χ2n) is 8.25. The number of hydrogen-bond donors (Lipinski definition) is 2. The lowest BCUT2D eigenvalue weighted by Gasteiger charge is -2.13. The molecule has 1 heterocycles. The van der Waals surface area contributed by atoms with Crippen LogP contribution in [0.25, 0.3) is 0 Å². The monoisotopic (exact) mass is 583 g/mol. The number of carbonyl (C=O) groups is 6. The number of esters is 2. The maximum atomic E-state index is 12.8. The number of fused-ring (bicyclic) bond motifs is 1. The third-order valence-corrected chi connectivity index (χ3v) is 6.15. The molecule has 0 spiro atoms. The molecule has 13 heteroatoms. The molecule has 0 saturated heterocycles. The van der Waals surface area contributed by atoms with Crippen LogP contribution in [0.2, 0.25) is 10.0 Å². The summed E-state index contributed by atoms with van der Waals surface area (Å²) in [5, 5.41) is 5.56. The van der Waals surface area contributed by atoms with Gasteiger partial charge in [0.05, 0.1) is 38.1 Å². The molecule has 0 saturated carbocycles. The topological polar surface area (TPSA) is 148 Å². The van der Waals surface area contributed by atoms with Gasteiger partial charge in [-0.15, -0.1) is 0 Å². The first kappa shape index (κ1) is 28.3. The number of halogens is 2. The molecule has 3 aromatic carbocycles. The highest BCUT2D eigenvalue weighted by molar-refractivity contribution is 6.34. The first-order chi connectivity index (χ1) is 19.1. The molecule has 40 heavy (non-hydrogen) atoms. The maximum Gasteiger partial charge on any atom is 0.338 e. The predicted octanol–water partition coefficient (Wildman–Crippen LogP) is 3.57. The number of amides is 4. The predicted molar refractivity (Wildman–Crippen MR) is 143 cm³/mol. The number of nitrogens with one attached hydrogen (secondary N) is 2. The normalized spacial score (nSPS) is 12.0. The smallest absolute Gasteiger partial charge is 0.338 e. The summed E-state index contributed by atoms with van der Waals surface area (Å²) in [6.45, 7) is -2.06. The molecule has 204 valence electrons. The van der Waals surface area contributed by atoms with Crippen LogP contribution >= 0.6 is 23.2 Å². The minimum atomic E-state index is -1.01. The summed E-state index contributed by atoms with van der Waals surface area (Å²) in [7, 11) is 0. The first-order valence-corrected chi connectivity index (χ1v) is 12.3. The highest BCUT2D eigenvalue weighted by Gasteiger charge is 2.37. The van der Waals surface area contributed by atoms with E-state index in [1.54, 1.807) is 48.5 Å². The lowest BCUT2D eigenvalue weighted by atomic mass is 10.1. The molecule has 0 atom stereocenters. The average molecular weight is 584 g/mol. The van der Waals surface area contributed by atoms with E-state index in [-0.39, 0.29) is 21.7 Å². The summed E-state index contributed by atoms with van der Waals surface area (Å²) in [4.78, 5) is 75.0. The molecule has 0 bridgehead atoms. The number of carbonyl (C=O) groups excluding carboxylic acids is 6. The van der Waals surface area contributed by atoms with Gasteiger partial charge in [0.25, 0.3) is 23.6 Å². The summed E-state index contributed by atoms with van der Waals surface area (Å²) in [6, 6.07) is 16.6. The van der Waals surface area contributed by atoms with E-state index in [1.807, 2.05) is 0 Å². The first-order valence-electron chi connectivity index (χ1n) is 11.6. The molecular formula is C27H19Cl2N3O8. The van der Waals surface area contributed by atoms with Gasteiger partial charge < -0.3 is 20.1 Å². The van der Waals surface area contributed by atoms with Crippen LogP contribution in [-0.4, -0.2) is 60.2 Å². The Hall–Kier alpha value is -4.74. The largest absolute Gasteiger partial charge is 0.454 e. The van der Waals surface area contributed by atoms with Crippen molar-refractivity contribution in [1.82, 2.24) is 4.90 Å². The van der Waals surface area contributed by atoms with Crippen LogP contribution < -0.4 is 10.6 Å². The van der Waals surface area contributed by atoms with Crippen LogP contribution in [0.4, 0.5) is 11.4 Å². The zero-order valence-electron chi connectivity index (χ0n) is 20.4. The van der Waals surface area contributed by atoms with Crippen molar-refractivity contribution in [3.63, 3.8) is 0 Å². The molecule has 0 fully saturated rings. The van der Waals surface area contributed by atoms with Crippen LogP contribution in [0.15, 0.2) is 66.7 Å². The van der Waals surface area contributed by atoms with Crippen LogP contribution in [0, 0.1) is 0 Å². The number of nitrogens with zero attached hydrogens (tertiary/aromatic N) is 1. The Bertz CT molecular complexity index is 1540. The standard InChI is InChI=1S/C27H19Cl2N3O8/c28-18-5-1-3-7-20(18)30-22(33)13-39-24(35)12-32-25(36)16-10-9-15(11-17(16)26(32)37)27(38)40-14-23(34)31-21-8-4-2-6-19(21)29/h1-11H,12-14H2,(H,30,33)(H,31,34). The van der Waals surface area contributed by atoms with Gasteiger partial charge in [0.15, 0.2) is 13.2 Å². The Morgan fingerprint density at radius 2 is 1.23 bits per heavy atom. The Morgan fingerprint density at radius 3 is 1.80 bits per heavy atom. The molecule has 0 aromatic heterocycles. The zero-order valence-corrected chi connectivity index (χ0v) is 22.0. The number of hydrogen-bond acceptors (Lipinski definition) is 8. The molecule has 11 nitrogen and oxygen atoms in total. The van der Waals surface area contributed by atoms with E-state index in [0.29, 0.717) is 21.3 Å². The zero-order chi connectivity index (χ0) is 28.8. The van der Waals surface area contributed by atoms with Crippen molar-refractivity contribution in [2.24, 2.45) is 0 Å². The van der Waals surface area contributed by atoms with Crippen molar-refractivity contribution in [3.8, 4) is 0 Å². The van der Waals surface area contributed by atoms with Crippen molar-refractivity contribution < 1.29 is 38.2 Å². The molecule has 2 N–H and O–H groups in total. The maximum absolute atomic E-state index is 12.8. The fourth-order valence-corrected chi connectivity index (χ4v) is 3.96. The van der Waals surface area contributed by atoms with Crippen LogP contribution in [0.3, 0.4) is 0 Å². The molecular weight excluding hydrogens is 565 g/mol. The third-order valence-electron chi connectivity index (χ3n) is 5.49. The van der Waals surface area contributed by atoms with Gasteiger partial charge in [0.2, 0.25) is 0 Å². The summed E-state index contributed by atoms with van der Waals surface area (Å²) >= 11 is 11.9. The van der Waals surface area contributed by atoms with Crippen molar-refractivity contribution in [2.45, 2.75) is 0 Å². The minimum absolute atomic E-state index is 0.0396. The quantitative estimate of drug-likeness (QED) is 0.287. The molecule has 0 unspecified atom stereocenters. The van der Waals surface area contributed by atoms with Crippen molar-refractivity contribution in [3.05, 3.63) is 93.5 Å². The van der Waals surface area contributed by atoms with Gasteiger partial charge in [-0.1, -0.05) is 47.5 Å². The van der Waals surface area contributed by atoms with E-state index in [4.69, 9.17) is 32.7 Å². The number of imide groups is 1. The SMILES string of the molecule is O=C(COC(=O)CN1C(=O)c2ccc(C(=O)OCC(=O)Nc3ccccc3Cl)cc2C1=O)Nc1ccccc1Cl. The summed E-state index contributed by atoms with van der Waals surface area (Å²) in [5.41, 5.74) is 0.394. The van der Waals surface area contributed by atoms with Gasteiger partial charge in [0, 0.05) is 0 Å². The number of rotatable bonds is 9. The fraction of sp³-hybridized carbons (Fsp3) is 0.111. The molecule has 0 aliphatic carbocycles. The lowest BCUT2D eigenvalue weighted by molar-refractivity contribution is -0.147. The fourth-order valence-electron chi connectivity index (χ4n) is 3.59. The number of benzene rings is 3. The lowest BCUT2D eigenvalue weighted by Crippen LogP contribution is -2.36. The Balaban J connectivity index is 1.30. The van der Waals surface area contributed by atoms with E-state index in [1.165, 1.54) is 12.1 Å². The van der Waals surface area contributed by atoms with Crippen molar-refractivity contribution in [2.75, 3.05) is 30.4 Å². The van der Waals surface area contributed by atoms with E-state index in [2.05, 4.69) is 10.6 Å².